The molecule has 3 nitrogen and oxygen atoms in total. The molecule has 0 aromatic carbocycles. The third-order valence-electron chi connectivity index (χ3n) is 2.11. The predicted molar refractivity (Wildman–Crippen MR) is 43.5 cm³/mol. The predicted octanol–water partition coefficient (Wildman–Crippen LogP) is 0.136. The molecule has 1 fully saturated rings. The smallest absolute Gasteiger partial charge is 0.0726 e. The molecule has 1 aliphatic rings. The van der Waals surface area contributed by atoms with Crippen LogP contribution in [0.5, 0.6) is 0 Å². The van der Waals surface area contributed by atoms with Gasteiger partial charge in [-0.3, -0.25) is 0 Å². The minimum Gasteiger partial charge on any atom is -0.394 e. The Kier molecular flexibility index (Phi) is 3.83. The summed E-state index contributed by atoms with van der Waals surface area (Å²) in [5.74, 6) is 0. The molecular weight excluding hydrogens is 142 g/mol. The third-order valence-corrected chi connectivity index (χ3v) is 2.11. The van der Waals surface area contributed by atoms with E-state index in [0.29, 0.717) is 18.8 Å². The van der Waals surface area contributed by atoms with Crippen LogP contribution in [0, 0.1) is 0 Å². The summed E-state index contributed by atoms with van der Waals surface area (Å²) >= 11 is 0. The topological polar surface area (TPSA) is 41.5 Å². The van der Waals surface area contributed by atoms with Crippen molar-refractivity contribution >= 4 is 0 Å². The van der Waals surface area contributed by atoms with Crippen LogP contribution in [0.3, 0.4) is 0 Å². The molecule has 0 spiro atoms. The maximum absolute atomic E-state index is 8.54. The summed E-state index contributed by atoms with van der Waals surface area (Å²) < 4.78 is 5.43. The molecule has 1 rings (SSSR count). The van der Waals surface area contributed by atoms with Crippen molar-refractivity contribution in [1.29, 1.82) is 0 Å². The summed E-state index contributed by atoms with van der Waals surface area (Å²) in [6.45, 7) is 3.82. The maximum atomic E-state index is 8.54. The van der Waals surface area contributed by atoms with Crippen LogP contribution in [0.25, 0.3) is 0 Å². The van der Waals surface area contributed by atoms with Gasteiger partial charge < -0.3 is 15.2 Å². The monoisotopic (exact) mass is 159 g/mol. The van der Waals surface area contributed by atoms with E-state index >= 15 is 0 Å². The molecule has 0 aliphatic carbocycles. The van der Waals surface area contributed by atoms with Crippen molar-refractivity contribution in [3.8, 4) is 0 Å². The largest absolute Gasteiger partial charge is 0.394 e. The van der Waals surface area contributed by atoms with Crippen molar-refractivity contribution in [2.75, 3.05) is 19.8 Å². The first-order valence-electron chi connectivity index (χ1n) is 4.30. The van der Waals surface area contributed by atoms with Crippen LogP contribution in [0.2, 0.25) is 0 Å². The molecule has 66 valence electrons. The van der Waals surface area contributed by atoms with Gasteiger partial charge in [-0.25, -0.2) is 0 Å². The number of aliphatic hydroxyl groups excluding tert-OH is 1. The van der Waals surface area contributed by atoms with Crippen LogP contribution in [-0.4, -0.2) is 37.0 Å². The van der Waals surface area contributed by atoms with Crippen LogP contribution in [0.1, 0.15) is 19.8 Å². The van der Waals surface area contributed by atoms with Gasteiger partial charge in [0.2, 0.25) is 0 Å². The normalized spacial score (nSPS) is 32.2. The standard InChI is InChI=1S/C8H17NO2/c1-7-8(11-6-5-10)3-2-4-9-7/h7-10H,2-6H2,1H3. The van der Waals surface area contributed by atoms with E-state index < -0.39 is 0 Å². The Bertz CT molecular complexity index is 108. The molecule has 0 amide bonds. The molecular formula is C8H17NO2. The molecule has 1 saturated heterocycles. The highest BCUT2D eigenvalue weighted by molar-refractivity contribution is 4.77. The summed E-state index contributed by atoms with van der Waals surface area (Å²) in [5, 5.41) is 11.9. The van der Waals surface area contributed by atoms with E-state index in [4.69, 9.17) is 9.84 Å². The highest BCUT2D eigenvalue weighted by Gasteiger charge is 2.20. The second-order valence-corrected chi connectivity index (χ2v) is 3.02. The zero-order valence-corrected chi connectivity index (χ0v) is 7.05. The number of piperidine rings is 1. The van der Waals surface area contributed by atoms with Crippen molar-refractivity contribution < 1.29 is 9.84 Å². The van der Waals surface area contributed by atoms with Gasteiger partial charge >= 0.3 is 0 Å². The molecule has 2 atom stereocenters. The minimum atomic E-state index is 0.128. The van der Waals surface area contributed by atoms with Crippen molar-refractivity contribution in [2.45, 2.75) is 31.9 Å². The number of nitrogens with one attached hydrogen (secondary N) is 1. The summed E-state index contributed by atoms with van der Waals surface area (Å²) in [4.78, 5) is 0. The van der Waals surface area contributed by atoms with E-state index in [9.17, 15) is 0 Å². The van der Waals surface area contributed by atoms with Crippen LogP contribution < -0.4 is 5.32 Å². The number of rotatable bonds is 3. The van der Waals surface area contributed by atoms with E-state index in [1.807, 2.05) is 0 Å². The molecule has 0 aromatic rings. The molecule has 2 N–H and O–H groups in total. The van der Waals surface area contributed by atoms with E-state index in [-0.39, 0.29) is 6.61 Å². The zero-order chi connectivity index (χ0) is 8.10. The zero-order valence-electron chi connectivity index (χ0n) is 7.05. The lowest BCUT2D eigenvalue weighted by Crippen LogP contribution is -2.44. The molecule has 11 heavy (non-hydrogen) atoms. The number of hydrogen-bond acceptors (Lipinski definition) is 3. The quantitative estimate of drug-likeness (QED) is 0.615. The highest BCUT2D eigenvalue weighted by atomic mass is 16.5. The Morgan fingerprint density at radius 2 is 2.45 bits per heavy atom. The summed E-state index contributed by atoms with van der Waals surface area (Å²) in [7, 11) is 0. The average Bonchev–Trinajstić information content (AvgIpc) is 2.03. The molecule has 0 radical (unpaired) electrons. The average molecular weight is 159 g/mol. The van der Waals surface area contributed by atoms with Gasteiger partial charge in [-0.05, 0) is 26.3 Å². The summed E-state index contributed by atoms with van der Waals surface area (Å²) in [6, 6.07) is 0.440. The second kappa shape index (κ2) is 4.70. The first-order chi connectivity index (χ1) is 5.34. The first kappa shape index (κ1) is 8.97. The van der Waals surface area contributed by atoms with Gasteiger partial charge in [0, 0.05) is 6.04 Å². The van der Waals surface area contributed by atoms with Gasteiger partial charge in [-0.15, -0.1) is 0 Å². The van der Waals surface area contributed by atoms with Crippen LogP contribution in [0.4, 0.5) is 0 Å². The first-order valence-corrected chi connectivity index (χ1v) is 4.30. The van der Waals surface area contributed by atoms with E-state index in [0.717, 1.165) is 13.0 Å². The third kappa shape index (κ3) is 2.77. The summed E-state index contributed by atoms with van der Waals surface area (Å²) in [6.07, 6.45) is 2.60. The molecule has 0 bridgehead atoms. The van der Waals surface area contributed by atoms with Gasteiger partial charge in [-0.1, -0.05) is 0 Å². The van der Waals surface area contributed by atoms with Crippen molar-refractivity contribution in [2.24, 2.45) is 0 Å². The Morgan fingerprint density at radius 1 is 1.64 bits per heavy atom. The van der Waals surface area contributed by atoms with E-state index in [1.54, 1.807) is 0 Å². The lowest BCUT2D eigenvalue weighted by atomic mass is 10.0. The van der Waals surface area contributed by atoms with Gasteiger partial charge in [-0.2, -0.15) is 0 Å². The van der Waals surface area contributed by atoms with Gasteiger partial charge in [0.1, 0.15) is 0 Å². The second-order valence-electron chi connectivity index (χ2n) is 3.02. The summed E-state index contributed by atoms with van der Waals surface area (Å²) in [5.41, 5.74) is 0. The minimum absolute atomic E-state index is 0.128. The highest BCUT2D eigenvalue weighted by Crippen LogP contribution is 2.11. The lowest BCUT2D eigenvalue weighted by molar-refractivity contribution is -0.00440. The Labute approximate surface area is 67.7 Å². The van der Waals surface area contributed by atoms with Crippen molar-refractivity contribution in [1.82, 2.24) is 5.32 Å². The Morgan fingerprint density at radius 3 is 3.09 bits per heavy atom. The molecule has 1 heterocycles. The van der Waals surface area contributed by atoms with Crippen LogP contribution >= 0.6 is 0 Å². The Hall–Kier alpha value is -0.120. The van der Waals surface area contributed by atoms with E-state index in [2.05, 4.69) is 12.2 Å². The molecule has 0 aromatic heterocycles. The fourth-order valence-corrected chi connectivity index (χ4v) is 1.45. The van der Waals surface area contributed by atoms with Crippen LogP contribution in [0.15, 0.2) is 0 Å². The number of aliphatic hydroxyl groups is 1. The fourth-order valence-electron chi connectivity index (χ4n) is 1.45. The maximum Gasteiger partial charge on any atom is 0.0726 e. The molecule has 0 saturated carbocycles. The Balaban J connectivity index is 2.18. The SMILES string of the molecule is CC1NCCCC1OCCO. The molecule has 2 unspecified atom stereocenters. The molecule has 3 heteroatoms. The van der Waals surface area contributed by atoms with E-state index in [1.165, 1.54) is 6.42 Å². The fraction of sp³-hybridized carbons (Fsp3) is 1.00. The number of hydrogen-bond donors (Lipinski definition) is 2. The van der Waals surface area contributed by atoms with Crippen molar-refractivity contribution in [3.63, 3.8) is 0 Å². The lowest BCUT2D eigenvalue weighted by Gasteiger charge is -2.29. The van der Waals surface area contributed by atoms with Crippen LogP contribution in [-0.2, 0) is 4.74 Å². The number of ether oxygens (including phenoxy) is 1. The van der Waals surface area contributed by atoms with Gasteiger partial charge in [0.15, 0.2) is 0 Å². The van der Waals surface area contributed by atoms with Gasteiger partial charge in [0.05, 0.1) is 19.3 Å². The van der Waals surface area contributed by atoms with Gasteiger partial charge in [0.25, 0.3) is 0 Å². The molecule has 1 aliphatic heterocycles. The van der Waals surface area contributed by atoms with Crippen molar-refractivity contribution in [3.05, 3.63) is 0 Å².